The number of anilines is 1. The van der Waals surface area contributed by atoms with Gasteiger partial charge < -0.3 is 24.3 Å². The summed E-state index contributed by atoms with van der Waals surface area (Å²) in [5, 5.41) is 2.95. The number of methoxy groups -OCH3 is 1. The van der Waals surface area contributed by atoms with Crippen molar-refractivity contribution in [1.29, 1.82) is 0 Å². The van der Waals surface area contributed by atoms with Crippen molar-refractivity contribution in [2.75, 3.05) is 25.5 Å². The molecule has 182 valence electrons. The van der Waals surface area contributed by atoms with Crippen molar-refractivity contribution in [3.8, 4) is 5.75 Å². The van der Waals surface area contributed by atoms with Gasteiger partial charge in [-0.05, 0) is 54.8 Å². The predicted octanol–water partition coefficient (Wildman–Crippen LogP) is 3.79. The normalized spacial score (nSPS) is 18.1. The zero-order chi connectivity index (χ0) is 24.4. The Morgan fingerprint density at radius 2 is 1.80 bits per heavy atom. The molecule has 2 amide bonds. The fourth-order valence-electron chi connectivity index (χ4n) is 4.60. The second kappa shape index (κ2) is 9.87. The third kappa shape index (κ3) is 4.90. The number of piperidine rings is 1. The summed E-state index contributed by atoms with van der Waals surface area (Å²) >= 11 is 0. The van der Waals surface area contributed by atoms with Crippen molar-refractivity contribution < 1.29 is 23.5 Å². The number of fused-ring (bicyclic) bond motifs is 1. The lowest BCUT2D eigenvalue weighted by Gasteiger charge is -2.31. The minimum Gasteiger partial charge on any atom is -0.497 e. The van der Waals surface area contributed by atoms with Crippen LogP contribution in [0, 0.1) is 11.7 Å². The predicted molar refractivity (Wildman–Crippen MR) is 126 cm³/mol. The summed E-state index contributed by atoms with van der Waals surface area (Å²) < 4.78 is 26.3. The van der Waals surface area contributed by atoms with E-state index in [0.29, 0.717) is 38.2 Å². The number of nitrogens with one attached hydrogen (secondary N) is 1. The van der Waals surface area contributed by atoms with E-state index in [-0.39, 0.29) is 36.3 Å². The van der Waals surface area contributed by atoms with Gasteiger partial charge in [0.25, 0.3) is 5.91 Å². The van der Waals surface area contributed by atoms with Gasteiger partial charge in [0.15, 0.2) is 5.69 Å². The number of benzene rings is 2. The van der Waals surface area contributed by atoms with Crippen LogP contribution in [0.15, 0.2) is 54.9 Å². The van der Waals surface area contributed by atoms with E-state index in [2.05, 4.69) is 10.3 Å². The number of carbonyl (C=O) groups excluding carboxylic acids is 2. The van der Waals surface area contributed by atoms with Gasteiger partial charge in [-0.1, -0.05) is 12.1 Å². The molecule has 1 fully saturated rings. The van der Waals surface area contributed by atoms with Crippen LogP contribution in [0.25, 0.3) is 0 Å². The van der Waals surface area contributed by atoms with Crippen molar-refractivity contribution in [2.24, 2.45) is 5.92 Å². The van der Waals surface area contributed by atoms with Gasteiger partial charge >= 0.3 is 0 Å². The molecule has 0 saturated carbocycles. The first kappa shape index (κ1) is 23.0. The first-order chi connectivity index (χ1) is 17.0. The molecule has 35 heavy (non-hydrogen) atoms. The number of imidazole rings is 1. The lowest BCUT2D eigenvalue weighted by Crippen LogP contribution is -2.42. The number of aromatic nitrogens is 2. The molecule has 1 N–H and O–H groups in total. The third-order valence-corrected chi connectivity index (χ3v) is 6.68. The fraction of sp³-hybridized carbons (Fsp3) is 0.346. The van der Waals surface area contributed by atoms with Gasteiger partial charge in [0.05, 0.1) is 32.3 Å². The molecule has 1 saturated heterocycles. The van der Waals surface area contributed by atoms with Crippen molar-refractivity contribution in [2.45, 2.75) is 32.1 Å². The Bertz CT molecular complexity index is 1200. The van der Waals surface area contributed by atoms with E-state index in [1.165, 1.54) is 12.1 Å². The van der Waals surface area contributed by atoms with Gasteiger partial charge in [0.1, 0.15) is 17.7 Å². The zero-order valence-electron chi connectivity index (χ0n) is 19.4. The van der Waals surface area contributed by atoms with Crippen LogP contribution < -0.4 is 10.1 Å². The lowest BCUT2D eigenvalue weighted by atomic mass is 9.95. The molecule has 9 heteroatoms. The van der Waals surface area contributed by atoms with Gasteiger partial charge in [-0.2, -0.15) is 0 Å². The molecule has 0 bridgehead atoms. The zero-order valence-corrected chi connectivity index (χ0v) is 19.4. The highest BCUT2D eigenvalue weighted by Crippen LogP contribution is 2.29. The highest BCUT2D eigenvalue weighted by molar-refractivity contribution is 5.95. The Morgan fingerprint density at radius 1 is 1.09 bits per heavy atom. The van der Waals surface area contributed by atoms with Crippen LogP contribution in [0.2, 0.25) is 0 Å². The molecule has 1 unspecified atom stereocenters. The summed E-state index contributed by atoms with van der Waals surface area (Å²) in [4.78, 5) is 32.0. The van der Waals surface area contributed by atoms with E-state index in [9.17, 15) is 14.0 Å². The highest BCUT2D eigenvalue weighted by atomic mass is 19.1. The Morgan fingerprint density at radius 3 is 2.49 bits per heavy atom. The minimum atomic E-state index is -0.289. The quantitative estimate of drug-likeness (QED) is 0.603. The van der Waals surface area contributed by atoms with Crippen molar-refractivity contribution in [1.82, 2.24) is 14.5 Å². The Balaban J connectivity index is 1.17. The summed E-state index contributed by atoms with van der Waals surface area (Å²) in [6, 6.07) is 13.5. The van der Waals surface area contributed by atoms with E-state index in [4.69, 9.17) is 9.47 Å². The van der Waals surface area contributed by atoms with Crippen LogP contribution in [0.1, 0.15) is 40.7 Å². The van der Waals surface area contributed by atoms with Crippen LogP contribution in [0.5, 0.6) is 5.75 Å². The lowest BCUT2D eigenvalue weighted by molar-refractivity contribution is -0.121. The standard InChI is InChI=1S/C26H27FN4O4/c1-34-21-8-6-20(7-9-21)29-25(32)18-10-12-30(13-11-18)26(33)24-22-15-35-23(14-31(22)16-28-24)17-2-4-19(27)5-3-17/h2-9,16,18,23H,10-15H2,1H3,(H,29,32). The molecular formula is C26H27FN4O4. The van der Waals surface area contributed by atoms with Crippen LogP contribution in [-0.4, -0.2) is 46.5 Å². The first-order valence-corrected chi connectivity index (χ1v) is 11.7. The summed E-state index contributed by atoms with van der Waals surface area (Å²) in [5.74, 6) is 0.103. The van der Waals surface area contributed by atoms with Crippen LogP contribution in [0.4, 0.5) is 10.1 Å². The maximum absolute atomic E-state index is 13.2. The first-order valence-electron chi connectivity index (χ1n) is 11.7. The highest BCUT2D eigenvalue weighted by Gasteiger charge is 2.32. The van der Waals surface area contributed by atoms with Gasteiger partial charge in [-0.15, -0.1) is 0 Å². The molecule has 0 radical (unpaired) electrons. The number of rotatable bonds is 5. The SMILES string of the molecule is COc1ccc(NC(=O)C2CCN(C(=O)c3ncn4c3COC(c3ccc(F)cc3)C4)CC2)cc1. The Labute approximate surface area is 202 Å². The molecule has 2 aromatic carbocycles. The van der Waals surface area contributed by atoms with Gasteiger partial charge in [-0.3, -0.25) is 9.59 Å². The van der Waals surface area contributed by atoms with Crippen molar-refractivity contribution >= 4 is 17.5 Å². The molecular weight excluding hydrogens is 451 g/mol. The monoisotopic (exact) mass is 478 g/mol. The maximum atomic E-state index is 13.2. The van der Waals surface area contributed by atoms with E-state index in [0.717, 1.165) is 22.7 Å². The summed E-state index contributed by atoms with van der Waals surface area (Å²) in [6.45, 7) is 1.74. The smallest absolute Gasteiger partial charge is 0.274 e. The largest absolute Gasteiger partial charge is 0.497 e. The molecule has 3 heterocycles. The molecule has 0 spiro atoms. The molecule has 3 aromatic rings. The third-order valence-electron chi connectivity index (χ3n) is 6.68. The van der Waals surface area contributed by atoms with Gasteiger partial charge in [-0.25, -0.2) is 9.37 Å². The number of hydrogen-bond donors (Lipinski definition) is 1. The van der Waals surface area contributed by atoms with Crippen molar-refractivity contribution in [3.05, 3.63) is 77.6 Å². The van der Waals surface area contributed by atoms with Gasteiger partial charge in [0, 0.05) is 24.7 Å². The van der Waals surface area contributed by atoms with Crippen LogP contribution >= 0.6 is 0 Å². The summed E-state index contributed by atoms with van der Waals surface area (Å²) in [6.07, 6.45) is 2.62. The minimum absolute atomic E-state index is 0.0399. The number of halogens is 1. The average Bonchev–Trinajstić information content (AvgIpc) is 3.32. The maximum Gasteiger partial charge on any atom is 0.274 e. The molecule has 1 atom stereocenters. The molecule has 0 aliphatic carbocycles. The van der Waals surface area contributed by atoms with Crippen LogP contribution in [0.3, 0.4) is 0 Å². The van der Waals surface area contributed by atoms with Gasteiger partial charge in [0.2, 0.25) is 5.91 Å². The second-order valence-corrected chi connectivity index (χ2v) is 8.83. The second-order valence-electron chi connectivity index (χ2n) is 8.83. The number of likely N-dealkylation sites (tertiary alicyclic amines) is 1. The summed E-state index contributed by atoms with van der Waals surface area (Å²) in [5.41, 5.74) is 2.74. The number of ether oxygens (including phenoxy) is 2. The Hall–Kier alpha value is -3.72. The van der Waals surface area contributed by atoms with E-state index >= 15 is 0 Å². The number of amides is 2. The molecule has 2 aliphatic rings. The van der Waals surface area contributed by atoms with E-state index in [1.807, 2.05) is 4.57 Å². The average molecular weight is 479 g/mol. The summed E-state index contributed by atoms with van der Waals surface area (Å²) in [7, 11) is 1.60. The number of nitrogens with zero attached hydrogens (tertiary/aromatic N) is 3. The molecule has 8 nitrogen and oxygen atoms in total. The Kier molecular flexibility index (Phi) is 6.50. The van der Waals surface area contributed by atoms with E-state index < -0.39 is 0 Å². The van der Waals surface area contributed by atoms with Crippen molar-refractivity contribution in [3.63, 3.8) is 0 Å². The molecule has 2 aliphatic heterocycles. The fourth-order valence-corrected chi connectivity index (χ4v) is 4.60. The topological polar surface area (TPSA) is 85.7 Å². The van der Waals surface area contributed by atoms with Crippen LogP contribution in [-0.2, 0) is 22.7 Å². The number of hydrogen-bond acceptors (Lipinski definition) is 5. The number of carbonyl (C=O) groups is 2. The molecule has 5 rings (SSSR count). The van der Waals surface area contributed by atoms with E-state index in [1.54, 1.807) is 54.7 Å². The molecule has 1 aromatic heterocycles.